The summed E-state index contributed by atoms with van der Waals surface area (Å²) < 4.78 is 2.34. The molecular weight excluding hydrogens is 296 g/mol. The Morgan fingerprint density at radius 1 is 1.14 bits per heavy atom. The Kier molecular flexibility index (Phi) is 2.87. The predicted molar refractivity (Wildman–Crippen MR) is 90.3 cm³/mol. The minimum Gasteiger partial charge on any atom is -0.298 e. The molecule has 1 aliphatic heterocycles. The third-order valence-corrected chi connectivity index (χ3v) is 4.71. The highest BCUT2D eigenvalue weighted by Crippen LogP contribution is 2.32. The third kappa shape index (κ3) is 1.79. The Balaban J connectivity index is 2.20. The van der Waals surface area contributed by atoms with Gasteiger partial charge in [0, 0.05) is 21.8 Å². The summed E-state index contributed by atoms with van der Waals surface area (Å²) in [5.41, 5.74) is 0.468. The van der Waals surface area contributed by atoms with Gasteiger partial charge < -0.3 is 0 Å². The molecule has 0 spiro atoms. The summed E-state index contributed by atoms with van der Waals surface area (Å²) in [6, 6.07) is 5.40. The van der Waals surface area contributed by atoms with Gasteiger partial charge in [0.25, 0.3) is 5.56 Å². The highest BCUT2D eigenvalue weighted by Gasteiger charge is 2.15. The average molecular weight is 306 g/mol. The number of fused-ring (bicyclic) bond motifs is 4. The molecule has 0 N–H and O–H groups in total. The lowest BCUT2D eigenvalue weighted by molar-refractivity contribution is 0.112. The minimum atomic E-state index is -0.120. The summed E-state index contributed by atoms with van der Waals surface area (Å²) in [5.74, 6) is 0.581. The molecule has 106 valence electrons. The lowest BCUT2D eigenvalue weighted by Crippen LogP contribution is -2.19. The first-order valence-electron chi connectivity index (χ1n) is 6.74. The van der Waals surface area contributed by atoms with Gasteiger partial charge in [0.2, 0.25) is 0 Å². The molecule has 0 saturated heterocycles. The molecule has 2 aromatic heterocycles. The summed E-state index contributed by atoms with van der Waals surface area (Å²) in [6.45, 7) is 0. The van der Waals surface area contributed by atoms with E-state index in [1.807, 2.05) is 24.3 Å². The number of allylic oxidation sites excluding steroid dienone is 4. The lowest BCUT2D eigenvalue weighted by atomic mass is 10.1. The third-order valence-electron chi connectivity index (χ3n) is 3.56. The van der Waals surface area contributed by atoms with Crippen molar-refractivity contribution in [3.8, 4) is 0 Å². The lowest BCUT2D eigenvalue weighted by Gasteiger charge is -2.05. The van der Waals surface area contributed by atoms with Gasteiger partial charge in [-0.05, 0) is 12.2 Å². The second-order valence-corrected chi connectivity index (χ2v) is 5.85. The van der Waals surface area contributed by atoms with Crippen LogP contribution in [-0.4, -0.2) is 15.8 Å². The highest BCUT2D eigenvalue weighted by atomic mass is 32.1. The fourth-order valence-corrected chi connectivity index (χ4v) is 3.70. The van der Waals surface area contributed by atoms with E-state index in [2.05, 4.69) is 4.98 Å². The minimum absolute atomic E-state index is 0.120. The average Bonchev–Trinajstić information content (AvgIpc) is 2.87. The fourth-order valence-electron chi connectivity index (χ4n) is 2.56. The van der Waals surface area contributed by atoms with Crippen molar-refractivity contribution < 1.29 is 4.79 Å². The molecule has 3 aromatic rings. The molecule has 0 atom stereocenters. The van der Waals surface area contributed by atoms with E-state index in [0.29, 0.717) is 21.6 Å². The normalized spacial score (nSPS) is 13.3. The molecule has 0 amide bonds. The van der Waals surface area contributed by atoms with Crippen LogP contribution in [0.15, 0.2) is 47.3 Å². The van der Waals surface area contributed by atoms with Crippen LogP contribution in [-0.2, 0) is 0 Å². The Morgan fingerprint density at radius 2 is 2.00 bits per heavy atom. The van der Waals surface area contributed by atoms with Gasteiger partial charge in [0.15, 0.2) is 6.29 Å². The monoisotopic (exact) mass is 306 g/mol. The van der Waals surface area contributed by atoms with Crippen molar-refractivity contribution in [2.45, 2.75) is 0 Å². The van der Waals surface area contributed by atoms with Crippen molar-refractivity contribution in [2.24, 2.45) is 0 Å². The van der Waals surface area contributed by atoms with Crippen LogP contribution < -0.4 is 5.56 Å². The van der Waals surface area contributed by atoms with Crippen molar-refractivity contribution in [1.29, 1.82) is 0 Å². The molecule has 1 aromatic carbocycles. The molecule has 3 heterocycles. The molecule has 0 saturated carbocycles. The van der Waals surface area contributed by atoms with E-state index in [1.165, 1.54) is 15.9 Å². The molecule has 0 unspecified atom stereocenters. The molecule has 4 rings (SSSR count). The van der Waals surface area contributed by atoms with Gasteiger partial charge in [-0.3, -0.25) is 14.2 Å². The van der Waals surface area contributed by atoms with E-state index in [1.54, 1.807) is 30.5 Å². The number of carbonyl (C=O) groups excluding carboxylic acids is 1. The van der Waals surface area contributed by atoms with Crippen LogP contribution in [0.1, 0.15) is 16.2 Å². The number of nitrogens with zero attached hydrogens (tertiary/aromatic N) is 2. The van der Waals surface area contributed by atoms with E-state index >= 15 is 0 Å². The SMILES string of the molecule is O=Cc1cccc2c1sc1nc3n(c(=O)c12)C=CC=CC=C3. The van der Waals surface area contributed by atoms with E-state index in [0.717, 1.165) is 16.4 Å². The van der Waals surface area contributed by atoms with Gasteiger partial charge in [-0.1, -0.05) is 36.4 Å². The van der Waals surface area contributed by atoms with Gasteiger partial charge in [0.1, 0.15) is 10.7 Å². The van der Waals surface area contributed by atoms with Crippen molar-refractivity contribution in [3.63, 3.8) is 0 Å². The van der Waals surface area contributed by atoms with Gasteiger partial charge in [-0.25, -0.2) is 4.98 Å². The van der Waals surface area contributed by atoms with Crippen molar-refractivity contribution in [3.05, 3.63) is 64.2 Å². The Labute approximate surface area is 129 Å². The topological polar surface area (TPSA) is 52.0 Å². The van der Waals surface area contributed by atoms with Crippen LogP contribution in [0.3, 0.4) is 0 Å². The zero-order chi connectivity index (χ0) is 15.1. The molecule has 4 nitrogen and oxygen atoms in total. The maximum absolute atomic E-state index is 12.8. The summed E-state index contributed by atoms with van der Waals surface area (Å²) >= 11 is 1.38. The second kappa shape index (κ2) is 4.89. The maximum atomic E-state index is 12.8. The summed E-state index contributed by atoms with van der Waals surface area (Å²) in [5, 5.41) is 1.35. The first-order valence-corrected chi connectivity index (χ1v) is 7.56. The number of aromatic nitrogens is 2. The standard InChI is InChI=1S/C17H10N2O2S/c20-10-11-6-5-7-12-14-16(22-15(11)12)18-13-8-3-1-2-4-9-19(13)17(14)21/h1-10H. The van der Waals surface area contributed by atoms with E-state index < -0.39 is 0 Å². The summed E-state index contributed by atoms with van der Waals surface area (Å²) in [7, 11) is 0. The number of hydrogen-bond acceptors (Lipinski definition) is 4. The quantitative estimate of drug-likeness (QED) is 0.647. The zero-order valence-corrected chi connectivity index (χ0v) is 12.2. The van der Waals surface area contributed by atoms with Gasteiger partial charge in [0.05, 0.1) is 5.39 Å². The van der Waals surface area contributed by atoms with Crippen LogP contribution in [0.5, 0.6) is 0 Å². The van der Waals surface area contributed by atoms with E-state index in [4.69, 9.17) is 0 Å². The summed E-state index contributed by atoms with van der Waals surface area (Å²) in [6.07, 6.45) is 11.7. The van der Waals surface area contributed by atoms with Crippen LogP contribution in [0, 0.1) is 0 Å². The predicted octanol–water partition coefficient (Wildman–Crippen LogP) is 3.48. The van der Waals surface area contributed by atoms with Gasteiger partial charge in [-0.15, -0.1) is 11.3 Å². The molecular formula is C17H10N2O2S. The maximum Gasteiger partial charge on any atom is 0.267 e. The van der Waals surface area contributed by atoms with Gasteiger partial charge >= 0.3 is 0 Å². The molecule has 5 heteroatoms. The molecule has 1 aliphatic rings. The Hall–Kier alpha value is -2.79. The van der Waals surface area contributed by atoms with Crippen LogP contribution in [0.4, 0.5) is 0 Å². The van der Waals surface area contributed by atoms with Crippen molar-refractivity contribution >= 4 is 50.2 Å². The first kappa shape index (κ1) is 12.9. The number of aldehydes is 1. The number of rotatable bonds is 1. The number of benzene rings is 1. The van der Waals surface area contributed by atoms with Crippen molar-refractivity contribution in [2.75, 3.05) is 0 Å². The van der Waals surface area contributed by atoms with Crippen LogP contribution >= 0.6 is 11.3 Å². The number of carbonyl (C=O) groups is 1. The molecule has 0 bridgehead atoms. The highest BCUT2D eigenvalue weighted by molar-refractivity contribution is 7.25. The number of thiophene rings is 1. The first-order chi connectivity index (χ1) is 10.8. The smallest absolute Gasteiger partial charge is 0.267 e. The Bertz CT molecular complexity index is 1070. The largest absolute Gasteiger partial charge is 0.298 e. The second-order valence-electron chi connectivity index (χ2n) is 4.85. The van der Waals surface area contributed by atoms with E-state index in [-0.39, 0.29) is 5.56 Å². The van der Waals surface area contributed by atoms with Gasteiger partial charge in [-0.2, -0.15) is 0 Å². The fraction of sp³-hybridized carbons (Fsp3) is 0. The summed E-state index contributed by atoms with van der Waals surface area (Å²) in [4.78, 5) is 29.3. The Morgan fingerprint density at radius 3 is 2.86 bits per heavy atom. The molecule has 0 fully saturated rings. The van der Waals surface area contributed by atoms with Crippen LogP contribution in [0.2, 0.25) is 0 Å². The van der Waals surface area contributed by atoms with E-state index in [9.17, 15) is 9.59 Å². The number of hydrogen-bond donors (Lipinski definition) is 0. The zero-order valence-electron chi connectivity index (χ0n) is 11.4. The molecule has 22 heavy (non-hydrogen) atoms. The molecule has 0 aliphatic carbocycles. The van der Waals surface area contributed by atoms with Crippen LogP contribution in [0.25, 0.3) is 32.6 Å². The van der Waals surface area contributed by atoms with Crippen molar-refractivity contribution in [1.82, 2.24) is 9.55 Å². The molecule has 0 radical (unpaired) electrons.